The molecule has 112 valence electrons. The number of methoxy groups -OCH3 is 1. The minimum atomic E-state index is 0.132. The van der Waals surface area contributed by atoms with Crippen molar-refractivity contribution >= 4 is 5.91 Å². The Hall–Kier alpha value is -1.55. The topological polar surface area (TPSA) is 50.4 Å². The lowest BCUT2D eigenvalue weighted by molar-refractivity contribution is -0.120. The zero-order valence-corrected chi connectivity index (χ0v) is 12.6. The largest absolute Gasteiger partial charge is 0.497 e. The number of carbonyl (C=O) groups is 1. The Morgan fingerprint density at radius 1 is 1.25 bits per heavy atom. The SMILES string of the molecule is CCCCNC(=O)CCNCCc1cccc(OC)c1. The second-order valence-electron chi connectivity index (χ2n) is 4.81. The zero-order valence-electron chi connectivity index (χ0n) is 12.6. The number of ether oxygens (including phenoxy) is 1. The Morgan fingerprint density at radius 3 is 2.85 bits per heavy atom. The van der Waals surface area contributed by atoms with Crippen LogP contribution in [0, 0.1) is 0 Å². The van der Waals surface area contributed by atoms with Crippen molar-refractivity contribution in [1.29, 1.82) is 0 Å². The van der Waals surface area contributed by atoms with Crippen molar-refractivity contribution in [2.45, 2.75) is 32.6 Å². The van der Waals surface area contributed by atoms with Crippen molar-refractivity contribution in [3.05, 3.63) is 29.8 Å². The number of hydrogen-bond acceptors (Lipinski definition) is 3. The molecule has 0 aliphatic carbocycles. The molecule has 0 saturated heterocycles. The summed E-state index contributed by atoms with van der Waals surface area (Å²) < 4.78 is 5.19. The summed E-state index contributed by atoms with van der Waals surface area (Å²) in [5.74, 6) is 1.02. The number of rotatable bonds is 10. The number of benzene rings is 1. The first kappa shape index (κ1) is 16.5. The quantitative estimate of drug-likeness (QED) is 0.645. The van der Waals surface area contributed by atoms with Crippen LogP contribution >= 0.6 is 0 Å². The van der Waals surface area contributed by atoms with Crippen LogP contribution in [-0.4, -0.2) is 32.7 Å². The normalized spacial score (nSPS) is 10.3. The molecule has 1 amide bonds. The van der Waals surface area contributed by atoms with Gasteiger partial charge in [-0.2, -0.15) is 0 Å². The van der Waals surface area contributed by atoms with E-state index in [9.17, 15) is 4.79 Å². The molecule has 2 N–H and O–H groups in total. The van der Waals surface area contributed by atoms with Crippen LogP contribution < -0.4 is 15.4 Å². The summed E-state index contributed by atoms with van der Waals surface area (Å²) in [5, 5.41) is 6.20. The van der Waals surface area contributed by atoms with Gasteiger partial charge < -0.3 is 15.4 Å². The minimum absolute atomic E-state index is 0.132. The van der Waals surface area contributed by atoms with Gasteiger partial charge in [0, 0.05) is 19.5 Å². The van der Waals surface area contributed by atoms with E-state index < -0.39 is 0 Å². The van der Waals surface area contributed by atoms with Crippen molar-refractivity contribution in [3.8, 4) is 5.75 Å². The fraction of sp³-hybridized carbons (Fsp3) is 0.562. The third-order valence-corrected chi connectivity index (χ3v) is 3.11. The van der Waals surface area contributed by atoms with Crippen LogP contribution in [0.3, 0.4) is 0 Å². The van der Waals surface area contributed by atoms with E-state index in [0.29, 0.717) is 6.42 Å². The molecule has 0 aliphatic heterocycles. The van der Waals surface area contributed by atoms with E-state index in [2.05, 4.69) is 23.6 Å². The molecule has 0 unspecified atom stereocenters. The van der Waals surface area contributed by atoms with E-state index >= 15 is 0 Å². The Balaban J connectivity index is 2.08. The summed E-state index contributed by atoms with van der Waals surface area (Å²) in [5.41, 5.74) is 1.24. The van der Waals surface area contributed by atoms with Gasteiger partial charge in [-0.05, 0) is 37.1 Å². The molecule has 4 nitrogen and oxygen atoms in total. The minimum Gasteiger partial charge on any atom is -0.497 e. The van der Waals surface area contributed by atoms with Crippen LogP contribution in [0.1, 0.15) is 31.7 Å². The standard InChI is InChI=1S/C16H26N2O2/c1-3-4-10-18-16(19)9-12-17-11-8-14-6-5-7-15(13-14)20-2/h5-7,13,17H,3-4,8-12H2,1-2H3,(H,18,19). The second kappa shape index (κ2) is 10.3. The van der Waals surface area contributed by atoms with Crippen LogP contribution in [-0.2, 0) is 11.2 Å². The van der Waals surface area contributed by atoms with Gasteiger partial charge in [0.05, 0.1) is 7.11 Å². The van der Waals surface area contributed by atoms with E-state index in [1.807, 2.05) is 18.2 Å². The van der Waals surface area contributed by atoms with Crippen molar-refractivity contribution in [3.63, 3.8) is 0 Å². The van der Waals surface area contributed by atoms with Crippen LogP contribution in [0.15, 0.2) is 24.3 Å². The van der Waals surface area contributed by atoms with Crippen LogP contribution in [0.5, 0.6) is 5.75 Å². The summed E-state index contributed by atoms with van der Waals surface area (Å²) in [7, 11) is 1.68. The molecule has 0 spiro atoms. The molecule has 0 saturated carbocycles. The van der Waals surface area contributed by atoms with Gasteiger partial charge in [0.2, 0.25) is 5.91 Å². The van der Waals surface area contributed by atoms with Gasteiger partial charge >= 0.3 is 0 Å². The number of amides is 1. The Labute approximate surface area is 121 Å². The summed E-state index contributed by atoms with van der Waals surface area (Å²) in [6.45, 7) is 4.50. The zero-order chi connectivity index (χ0) is 14.6. The highest BCUT2D eigenvalue weighted by atomic mass is 16.5. The highest BCUT2D eigenvalue weighted by Gasteiger charge is 2.00. The maximum Gasteiger partial charge on any atom is 0.221 e. The van der Waals surface area contributed by atoms with Crippen molar-refractivity contribution < 1.29 is 9.53 Å². The molecule has 20 heavy (non-hydrogen) atoms. The molecular formula is C16H26N2O2. The lowest BCUT2D eigenvalue weighted by Crippen LogP contribution is -2.29. The molecule has 0 aromatic heterocycles. The molecule has 0 fully saturated rings. The van der Waals surface area contributed by atoms with Crippen LogP contribution in [0.25, 0.3) is 0 Å². The first-order valence-electron chi connectivity index (χ1n) is 7.36. The summed E-state index contributed by atoms with van der Waals surface area (Å²) in [6, 6.07) is 8.06. The molecule has 0 atom stereocenters. The van der Waals surface area contributed by atoms with E-state index in [0.717, 1.165) is 44.6 Å². The van der Waals surface area contributed by atoms with Gasteiger partial charge in [-0.1, -0.05) is 25.5 Å². The fourth-order valence-electron chi connectivity index (χ4n) is 1.88. The fourth-order valence-corrected chi connectivity index (χ4v) is 1.88. The molecular weight excluding hydrogens is 252 g/mol. The average molecular weight is 278 g/mol. The predicted octanol–water partition coefficient (Wildman–Crippen LogP) is 2.13. The van der Waals surface area contributed by atoms with Crippen molar-refractivity contribution in [1.82, 2.24) is 10.6 Å². The first-order chi connectivity index (χ1) is 9.76. The molecule has 0 aliphatic rings. The summed E-state index contributed by atoms with van der Waals surface area (Å²) in [4.78, 5) is 11.5. The highest BCUT2D eigenvalue weighted by Crippen LogP contribution is 2.12. The van der Waals surface area contributed by atoms with E-state index in [-0.39, 0.29) is 5.91 Å². The van der Waals surface area contributed by atoms with E-state index in [1.165, 1.54) is 5.56 Å². The van der Waals surface area contributed by atoms with Crippen LogP contribution in [0.2, 0.25) is 0 Å². The van der Waals surface area contributed by atoms with Crippen molar-refractivity contribution in [2.75, 3.05) is 26.7 Å². The number of unbranched alkanes of at least 4 members (excludes halogenated alkanes) is 1. The third kappa shape index (κ3) is 7.14. The maximum absolute atomic E-state index is 11.5. The van der Waals surface area contributed by atoms with Crippen LogP contribution in [0.4, 0.5) is 0 Å². The molecule has 1 aromatic carbocycles. The van der Waals surface area contributed by atoms with Gasteiger partial charge in [-0.3, -0.25) is 4.79 Å². The smallest absolute Gasteiger partial charge is 0.221 e. The average Bonchev–Trinajstić information content (AvgIpc) is 2.47. The van der Waals surface area contributed by atoms with E-state index in [4.69, 9.17) is 4.74 Å². The summed E-state index contributed by atoms with van der Waals surface area (Å²) in [6.07, 6.45) is 3.64. The van der Waals surface area contributed by atoms with Gasteiger partial charge in [-0.25, -0.2) is 0 Å². The third-order valence-electron chi connectivity index (χ3n) is 3.11. The molecule has 0 bridgehead atoms. The Kier molecular flexibility index (Phi) is 8.47. The van der Waals surface area contributed by atoms with Gasteiger partial charge in [0.15, 0.2) is 0 Å². The first-order valence-corrected chi connectivity index (χ1v) is 7.36. The molecule has 1 rings (SSSR count). The maximum atomic E-state index is 11.5. The second-order valence-corrected chi connectivity index (χ2v) is 4.81. The molecule has 1 aromatic rings. The van der Waals surface area contributed by atoms with E-state index in [1.54, 1.807) is 7.11 Å². The van der Waals surface area contributed by atoms with Gasteiger partial charge in [0.25, 0.3) is 0 Å². The summed E-state index contributed by atoms with van der Waals surface area (Å²) >= 11 is 0. The molecule has 4 heteroatoms. The number of carbonyl (C=O) groups excluding carboxylic acids is 1. The molecule has 0 radical (unpaired) electrons. The van der Waals surface area contributed by atoms with Gasteiger partial charge in [-0.15, -0.1) is 0 Å². The Morgan fingerprint density at radius 2 is 2.10 bits per heavy atom. The van der Waals surface area contributed by atoms with Gasteiger partial charge in [0.1, 0.15) is 5.75 Å². The Bertz CT molecular complexity index is 394. The molecule has 0 heterocycles. The number of nitrogens with one attached hydrogen (secondary N) is 2. The highest BCUT2D eigenvalue weighted by molar-refractivity contribution is 5.75. The predicted molar refractivity (Wildman–Crippen MR) is 82.1 cm³/mol. The monoisotopic (exact) mass is 278 g/mol. The number of hydrogen-bond donors (Lipinski definition) is 2. The van der Waals surface area contributed by atoms with Crippen molar-refractivity contribution in [2.24, 2.45) is 0 Å². The lowest BCUT2D eigenvalue weighted by atomic mass is 10.1. The lowest BCUT2D eigenvalue weighted by Gasteiger charge is -2.07.